The molecular formula is C14H21F2NO2. The van der Waals surface area contributed by atoms with Crippen molar-refractivity contribution in [3.8, 4) is 0 Å². The molecule has 108 valence electrons. The molecule has 0 saturated heterocycles. The average molecular weight is 273 g/mol. The van der Waals surface area contributed by atoms with Gasteiger partial charge >= 0.3 is 0 Å². The lowest BCUT2D eigenvalue weighted by Gasteiger charge is -2.35. The molecule has 0 N–H and O–H groups in total. The Labute approximate surface area is 112 Å². The van der Waals surface area contributed by atoms with Crippen LogP contribution >= 0.6 is 0 Å². The molecule has 2 saturated carbocycles. The van der Waals surface area contributed by atoms with Gasteiger partial charge in [-0.05, 0) is 25.7 Å². The van der Waals surface area contributed by atoms with Gasteiger partial charge in [0.1, 0.15) is 5.78 Å². The molecule has 0 radical (unpaired) electrons. The number of nitrogens with zero attached hydrogens (tertiary/aromatic N) is 1. The van der Waals surface area contributed by atoms with E-state index in [9.17, 15) is 18.4 Å². The first-order chi connectivity index (χ1) is 8.89. The van der Waals surface area contributed by atoms with Crippen molar-refractivity contribution in [1.29, 1.82) is 0 Å². The van der Waals surface area contributed by atoms with Gasteiger partial charge in [-0.25, -0.2) is 8.78 Å². The second-order valence-electron chi connectivity index (χ2n) is 5.85. The van der Waals surface area contributed by atoms with Crippen molar-refractivity contribution in [2.45, 2.75) is 63.3 Å². The normalized spacial score (nSPS) is 25.3. The topological polar surface area (TPSA) is 37.4 Å². The van der Waals surface area contributed by atoms with Gasteiger partial charge in [-0.3, -0.25) is 9.59 Å². The Bertz CT molecular complexity index is 350. The highest BCUT2D eigenvalue weighted by Crippen LogP contribution is 2.37. The van der Waals surface area contributed by atoms with E-state index in [0.717, 1.165) is 0 Å². The number of rotatable bonds is 2. The zero-order valence-electron chi connectivity index (χ0n) is 11.3. The molecule has 0 aromatic heterocycles. The minimum absolute atomic E-state index is 0.0187. The third-order valence-corrected chi connectivity index (χ3v) is 4.47. The van der Waals surface area contributed by atoms with E-state index in [1.807, 2.05) is 0 Å². The van der Waals surface area contributed by atoms with E-state index in [-0.39, 0.29) is 49.3 Å². The van der Waals surface area contributed by atoms with Gasteiger partial charge in [-0.15, -0.1) is 0 Å². The van der Waals surface area contributed by atoms with Crippen LogP contribution in [0.1, 0.15) is 51.4 Å². The largest absolute Gasteiger partial charge is 0.343 e. The summed E-state index contributed by atoms with van der Waals surface area (Å²) in [5, 5.41) is 0. The van der Waals surface area contributed by atoms with Crippen molar-refractivity contribution >= 4 is 11.7 Å². The van der Waals surface area contributed by atoms with E-state index in [1.165, 1.54) is 0 Å². The summed E-state index contributed by atoms with van der Waals surface area (Å²) in [6.07, 6.45) is 2.69. The van der Waals surface area contributed by atoms with Crippen molar-refractivity contribution in [2.75, 3.05) is 7.05 Å². The van der Waals surface area contributed by atoms with Crippen LogP contribution < -0.4 is 0 Å². The summed E-state index contributed by atoms with van der Waals surface area (Å²) in [6, 6.07) is 0.104. The fourth-order valence-corrected chi connectivity index (χ4v) is 3.07. The lowest BCUT2D eigenvalue weighted by atomic mass is 9.85. The van der Waals surface area contributed by atoms with E-state index in [4.69, 9.17) is 0 Å². The minimum atomic E-state index is -2.59. The second-order valence-corrected chi connectivity index (χ2v) is 5.85. The van der Waals surface area contributed by atoms with Crippen molar-refractivity contribution in [2.24, 2.45) is 5.92 Å². The molecule has 0 unspecified atom stereocenters. The smallest absolute Gasteiger partial charge is 0.248 e. The summed E-state index contributed by atoms with van der Waals surface area (Å²) >= 11 is 0. The third kappa shape index (κ3) is 3.51. The van der Waals surface area contributed by atoms with Gasteiger partial charge in [-0.2, -0.15) is 0 Å². The van der Waals surface area contributed by atoms with Crippen LogP contribution in [-0.4, -0.2) is 35.6 Å². The molecule has 5 heteroatoms. The van der Waals surface area contributed by atoms with E-state index < -0.39 is 5.92 Å². The number of alkyl halides is 2. The Morgan fingerprint density at radius 2 is 1.68 bits per heavy atom. The maximum absolute atomic E-state index is 13.1. The molecule has 0 bridgehead atoms. The van der Waals surface area contributed by atoms with Gasteiger partial charge in [0.05, 0.1) is 0 Å². The quantitative estimate of drug-likeness (QED) is 0.776. The lowest BCUT2D eigenvalue weighted by molar-refractivity contribution is -0.142. The molecule has 1 amide bonds. The second kappa shape index (κ2) is 5.55. The molecule has 0 aliphatic heterocycles. The highest BCUT2D eigenvalue weighted by atomic mass is 19.3. The zero-order chi connectivity index (χ0) is 14.0. The predicted octanol–water partition coefficient (Wildman–Crippen LogP) is 2.78. The van der Waals surface area contributed by atoms with Crippen LogP contribution in [0.3, 0.4) is 0 Å². The van der Waals surface area contributed by atoms with Gasteiger partial charge in [-0.1, -0.05) is 0 Å². The van der Waals surface area contributed by atoms with Gasteiger partial charge < -0.3 is 4.90 Å². The molecule has 3 nitrogen and oxygen atoms in total. The molecule has 0 aromatic rings. The molecular weight excluding hydrogens is 252 g/mol. The summed E-state index contributed by atoms with van der Waals surface area (Å²) in [6.45, 7) is 0. The fraction of sp³-hybridized carbons (Fsp3) is 0.857. The Kier molecular flexibility index (Phi) is 4.21. The van der Waals surface area contributed by atoms with Crippen molar-refractivity contribution in [1.82, 2.24) is 4.90 Å². The number of amides is 1. The van der Waals surface area contributed by atoms with Crippen molar-refractivity contribution < 1.29 is 18.4 Å². The highest BCUT2D eigenvalue weighted by molar-refractivity contribution is 5.81. The average Bonchev–Trinajstić information content (AvgIpc) is 2.38. The number of halogens is 2. The van der Waals surface area contributed by atoms with Crippen LogP contribution in [0, 0.1) is 5.92 Å². The molecule has 19 heavy (non-hydrogen) atoms. The predicted molar refractivity (Wildman–Crippen MR) is 66.9 cm³/mol. The fourth-order valence-electron chi connectivity index (χ4n) is 3.07. The summed E-state index contributed by atoms with van der Waals surface area (Å²) in [5.41, 5.74) is 0. The molecule has 0 spiro atoms. The maximum Gasteiger partial charge on any atom is 0.248 e. The Balaban J connectivity index is 1.87. The van der Waals surface area contributed by atoms with Gasteiger partial charge in [0.25, 0.3) is 0 Å². The monoisotopic (exact) mass is 273 g/mol. The molecule has 0 aromatic carbocycles. The summed E-state index contributed by atoms with van der Waals surface area (Å²) in [5.74, 6) is -2.61. The molecule has 0 heterocycles. The maximum atomic E-state index is 13.1. The third-order valence-electron chi connectivity index (χ3n) is 4.47. The van der Waals surface area contributed by atoms with Crippen LogP contribution in [0.2, 0.25) is 0 Å². The van der Waals surface area contributed by atoms with E-state index in [2.05, 4.69) is 0 Å². The highest BCUT2D eigenvalue weighted by Gasteiger charge is 2.39. The Hall–Kier alpha value is -1.00. The first kappa shape index (κ1) is 14.4. The lowest BCUT2D eigenvalue weighted by Crippen LogP contribution is -2.44. The number of ketones is 1. The van der Waals surface area contributed by atoms with Crippen LogP contribution in [-0.2, 0) is 9.59 Å². The number of hydrogen-bond donors (Lipinski definition) is 0. The molecule has 0 atom stereocenters. The first-order valence-electron chi connectivity index (χ1n) is 7.05. The Morgan fingerprint density at radius 1 is 1.16 bits per heavy atom. The van der Waals surface area contributed by atoms with Crippen LogP contribution in [0.15, 0.2) is 0 Å². The van der Waals surface area contributed by atoms with E-state index in [0.29, 0.717) is 25.7 Å². The van der Waals surface area contributed by atoms with E-state index >= 15 is 0 Å². The first-order valence-corrected chi connectivity index (χ1v) is 7.05. The number of Topliss-reactive ketones (excluding diaryl/α,β-unsaturated/α-hetero) is 1. The molecule has 2 aliphatic rings. The summed E-state index contributed by atoms with van der Waals surface area (Å²) < 4.78 is 26.2. The Morgan fingerprint density at radius 3 is 2.21 bits per heavy atom. The van der Waals surface area contributed by atoms with Crippen LogP contribution in [0.25, 0.3) is 0 Å². The number of carbonyl (C=O) groups excluding carboxylic acids is 2. The molecule has 2 fully saturated rings. The summed E-state index contributed by atoms with van der Waals surface area (Å²) in [7, 11) is 1.75. The SMILES string of the molecule is CN(C(=O)C1CCC(F)(F)CC1)C1CCC(=O)CC1. The standard InChI is InChI=1S/C14H21F2NO2/c1-17(11-2-4-12(18)5-3-11)13(19)10-6-8-14(15,16)9-7-10/h10-11H,2-9H2,1H3. The molecule has 2 rings (SSSR count). The molecule has 2 aliphatic carbocycles. The number of carbonyl (C=O) groups is 2. The van der Waals surface area contributed by atoms with Crippen LogP contribution in [0.4, 0.5) is 8.78 Å². The van der Waals surface area contributed by atoms with Crippen LogP contribution in [0.5, 0.6) is 0 Å². The minimum Gasteiger partial charge on any atom is -0.343 e. The summed E-state index contributed by atoms with van der Waals surface area (Å²) in [4.78, 5) is 25.2. The zero-order valence-corrected chi connectivity index (χ0v) is 11.3. The van der Waals surface area contributed by atoms with Gasteiger partial charge in [0.15, 0.2) is 0 Å². The van der Waals surface area contributed by atoms with Crippen molar-refractivity contribution in [3.05, 3.63) is 0 Å². The van der Waals surface area contributed by atoms with Crippen molar-refractivity contribution in [3.63, 3.8) is 0 Å². The number of hydrogen-bond acceptors (Lipinski definition) is 2. The van der Waals surface area contributed by atoms with Gasteiger partial charge in [0.2, 0.25) is 11.8 Å². The van der Waals surface area contributed by atoms with E-state index in [1.54, 1.807) is 11.9 Å². The van der Waals surface area contributed by atoms with Gasteiger partial charge in [0, 0.05) is 44.7 Å².